The highest BCUT2D eigenvalue weighted by Gasteiger charge is 2.34. The Morgan fingerprint density at radius 2 is 2.04 bits per heavy atom. The van der Waals surface area contributed by atoms with Crippen molar-refractivity contribution >= 4 is 23.3 Å². The van der Waals surface area contributed by atoms with E-state index in [-0.39, 0.29) is 29.1 Å². The summed E-state index contributed by atoms with van der Waals surface area (Å²) in [6.07, 6.45) is 2.38. The van der Waals surface area contributed by atoms with Crippen LogP contribution in [0.3, 0.4) is 0 Å². The van der Waals surface area contributed by atoms with Crippen LogP contribution in [0.15, 0.2) is 18.2 Å². The number of amides is 1. The van der Waals surface area contributed by atoms with Crippen LogP contribution in [-0.2, 0) is 4.79 Å². The largest absolute Gasteiger partial charge is 0.481 e. The highest BCUT2D eigenvalue weighted by atomic mass is 16.6. The Morgan fingerprint density at radius 1 is 1.32 bits per heavy atom. The van der Waals surface area contributed by atoms with Gasteiger partial charge in [-0.1, -0.05) is 6.92 Å². The van der Waals surface area contributed by atoms with E-state index >= 15 is 0 Å². The summed E-state index contributed by atoms with van der Waals surface area (Å²) in [6, 6.07) is 4.75. The highest BCUT2D eigenvalue weighted by Crippen LogP contribution is 2.32. The number of carbonyl (C=O) groups is 2. The van der Waals surface area contributed by atoms with E-state index < -0.39 is 16.8 Å². The van der Waals surface area contributed by atoms with Crippen LogP contribution in [0.5, 0.6) is 0 Å². The summed E-state index contributed by atoms with van der Waals surface area (Å²) in [7, 11) is 0. The third-order valence-electron chi connectivity index (χ3n) is 4.89. The van der Waals surface area contributed by atoms with E-state index in [0.29, 0.717) is 25.2 Å². The number of hydrogen-bond donors (Lipinski definition) is 2. The van der Waals surface area contributed by atoms with Crippen LogP contribution < -0.4 is 5.32 Å². The van der Waals surface area contributed by atoms with Crippen LogP contribution in [-0.4, -0.2) is 45.9 Å². The molecule has 2 fully saturated rings. The molecule has 0 aromatic heterocycles. The van der Waals surface area contributed by atoms with Gasteiger partial charge in [0.15, 0.2) is 0 Å². The minimum Gasteiger partial charge on any atom is -0.481 e. The zero-order valence-electron chi connectivity index (χ0n) is 14.0. The number of nitro groups is 1. The average molecular weight is 347 g/mol. The van der Waals surface area contributed by atoms with Crippen molar-refractivity contribution in [3.05, 3.63) is 33.9 Å². The van der Waals surface area contributed by atoms with E-state index in [1.807, 2.05) is 6.92 Å². The van der Waals surface area contributed by atoms with Crippen molar-refractivity contribution in [2.75, 3.05) is 18.4 Å². The lowest BCUT2D eigenvalue weighted by atomic mass is 9.87. The lowest BCUT2D eigenvalue weighted by molar-refractivity contribution is -0.384. The Bertz CT molecular complexity index is 716. The molecule has 2 unspecified atom stereocenters. The molecule has 1 aromatic rings. The second-order valence-corrected chi connectivity index (χ2v) is 6.87. The predicted octanol–water partition coefficient (Wildman–Crippen LogP) is 2.35. The third kappa shape index (κ3) is 3.72. The summed E-state index contributed by atoms with van der Waals surface area (Å²) in [5.41, 5.74) is 0.585. The fraction of sp³-hybridized carbons (Fsp3) is 0.529. The van der Waals surface area contributed by atoms with Gasteiger partial charge in [0.05, 0.1) is 10.8 Å². The molecule has 2 N–H and O–H groups in total. The minimum absolute atomic E-state index is 0.105. The quantitative estimate of drug-likeness (QED) is 0.624. The number of likely N-dealkylation sites (tertiary alicyclic amines) is 1. The molecule has 8 heteroatoms. The van der Waals surface area contributed by atoms with Crippen LogP contribution in [0.4, 0.5) is 11.4 Å². The Hall–Kier alpha value is -2.64. The molecule has 1 amide bonds. The molecule has 0 spiro atoms. The van der Waals surface area contributed by atoms with E-state index in [1.165, 1.54) is 6.07 Å². The Kier molecular flexibility index (Phi) is 4.61. The fourth-order valence-electron chi connectivity index (χ4n) is 3.26. The topological polar surface area (TPSA) is 113 Å². The predicted molar refractivity (Wildman–Crippen MR) is 90.6 cm³/mol. The summed E-state index contributed by atoms with van der Waals surface area (Å²) in [4.78, 5) is 36.3. The molecule has 1 heterocycles. The molecule has 1 saturated carbocycles. The van der Waals surface area contributed by atoms with Gasteiger partial charge >= 0.3 is 5.97 Å². The summed E-state index contributed by atoms with van der Waals surface area (Å²) in [6.45, 7) is 2.49. The summed E-state index contributed by atoms with van der Waals surface area (Å²) >= 11 is 0. The zero-order valence-corrected chi connectivity index (χ0v) is 14.0. The standard InChI is InChI=1S/C17H21N3O5/c1-10-9-19(7-6-13(10)17(22)23)16(21)11-2-5-14(18-12-3-4-12)15(8-11)20(24)25/h2,5,8,10,12-13,18H,3-4,6-7,9H2,1H3,(H,22,23). The van der Waals surface area contributed by atoms with Gasteiger partial charge in [-0.2, -0.15) is 0 Å². The summed E-state index contributed by atoms with van der Waals surface area (Å²) < 4.78 is 0. The molecule has 25 heavy (non-hydrogen) atoms. The Labute approximate surface area is 145 Å². The molecular formula is C17H21N3O5. The van der Waals surface area contributed by atoms with Gasteiger partial charge in [-0.25, -0.2) is 0 Å². The van der Waals surface area contributed by atoms with Crippen molar-refractivity contribution < 1.29 is 19.6 Å². The van der Waals surface area contributed by atoms with Crippen molar-refractivity contribution in [2.24, 2.45) is 11.8 Å². The molecule has 3 rings (SSSR count). The number of nitrogens with zero attached hydrogens (tertiary/aromatic N) is 2. The molecule has 1 saturated heterocycles. The van der Waals surface area contributed by atoms with Crippen molar-refractivity contribution in [1.82, 2.24) is 4.90 Å². The van der Waals surface area contributed by atoms with Gasteiger partial charge in [-0.05, 0) is 37.3 Å². The maximum absolute atomic E-state index is 12.7. The van der Waals surface area contributed by atoms with Crippen molar-refractivity contribution in [2.45, 2.75) is 32.2 Å². The van der Waals surface area contributed by atoms with E-state index in [1.54, 1.807) is 17.0 Å². The molecule has 2 atom stereocenters. The van der Waals surface area contributed by atoms with Crippen LogP contribution >= 0.6 is 0 Å². The first-order valence-electron chi connectivity index (χ1n) is 8.44. The normalized spacial score (nSPS) is 23.2. The maximum Gasteiger partial charge on any atom is 0.306 e. The summed E-state index contributed by atoms with van der Waals surface area (Å²) in [5, 5.41) is 23.6. The second kappa shape index (κ2) is 6.70. The molecule has 0 bridgehead atoms. The molecule has 134 valence electrons. The van der Waals surface area contributed by atoms with Gasteiger partial charge < -0.3 is 15.3 Å². The Morgan fingerprint density at radius 3 is 2.60 bits per heavy atom. The average Bonchev–Trinajstić information content (AvgIpc) is 3.38. The number of anilines is 1. The van der Waals surface area contributed by atoms with Crippen molar-refractivity contribution in [1.29, 1.82) is 0 Å². The Balaban J connectivity index is 1.76. The van der Waals surface area contributed by atoms with E-state index in [2.05, 4.69) is 5.32 Å². The van der Waals surface area contributed by atoms with Gasteiger partial charge in [0.1, 0.15) is 5.69 Å². The number of aliphatic carboxylic acids is 1. The minimum atomic E-state index is -0.842. The van der Waals surface area contributed by atoms with Crippen LogP contribution in [0.2, 0.25) is 0 Å². The molecule has 2 aliphatic rings. The maximum atomic E-state index is 12.7. The molecule has 8 nitrogen and oxygen atoms in total. The molecular weight excluding hydrogens is 326 g/mol. The van der Waals surface area contributed by atoms with Gasteiger partial charge in [-0.15, -0.1) is 0 Å². The van der Waals surface area contributed by atoms with Gasteiger partial charge in [0.25, 0.3) is 11.6 Å². The number of rotatable bonds is 5. The van der Waals surface area contributed by atoms with Crippen LogP contribution in [0.25, 0.3) is 0 Å². The molecule has 1 aliphatic heterocycles. The third-order valence-corrected chi connectivity index (χ3v) is 4.89. The van der Waals surface area contributed by atoms with Gasteiger partial charge in [0.2, 0.25) is 0 Å². The SMILES string of the molecule is CC1CN(C(=O)c2ccc(NC3CC3)c([N+](=O)[O-])c2)CCC1C(=O)O. The first-order valence-corrected chi connectivity index (χ1v) is 8.44. The smallest absolute Gasteiger partial charge is 0.306 e. The fourth-order valence-corrected chi connectivity index (χ4v) is 3.26. The van der Waals surface area contributed by atoms with E-state index in [0.717, 1.165) is 12.8 Å². The number of nitrogens with one attached hydrogen (secondary N) is 1. The first-order chi connectivity index (χ1) is 11.9. The van der Waals surface area contributed by atoms with Crippen LogP contribution in [0, 0.1) is 22.0 Å². The van der Waals surface area contributed by atoms with Gasteiger partial charge in [-0.3, -0.25) is 19.7 Å². The van der Waals surface area contributed by atoms with Crippen molar-refractivity contribution in [3.8, 4) is 0 Å². The number of nitro benzene ring substituents is 1. The second-order valence-electron chi connectivity index (χ2n) is 6.87. The number of piperidine rings is 1. The molecule has 0 radical (unpaired) electrons. The van der Waals surface area contributed by atoms with E-state index in [4.69, 9.17) is 0 Å². The van der Waals surface area contributed by atoms with E-state index in [9.17, 15) is 24.8 Å². The van der Waals surface area contributed by atoms with Gasteiger partial charge in [0, 0.05) is 30.8 Å². The lowest BCUT2D eigenvalue weighted by Crippen LogP contribution is -2.45. The first kappa shape index (κ1) is 17.2. The number of hydrogen-bond acceptors (Lipinski definition) is 5. The van der Waals surface area contributed by atoms with Crippen LogP contribution in [0.1, 0.15) is 36.5 Å². The number of carboxylic acids is 1. The number of carbonyl (C=O) groups excluding carboxylic acids is 1. The summed E-state index contributed by atoms with van der Waals surface area (Å²) in [5.74, 6) is -1.74. The molecule has 1 aliphatic carbocycles. The number of benzene rings is 1. The number of carboxylic acid groups (broad SMARTS) is 1. The lowest BCUT2D eigenvalue weighted by Gasteiger charge is -2.35. The zero-order chi connectivity index (χ0) is 18.1. The molecule has 1 aromatic carbocycles. The van der Waals surface area contributed by atoms with Crippen molar-refractivity contribution in [3.63, 3.8) is 0 Å². The monoisotopic (exact) mass is 347 g/mol. The highest BCUT2D eigenvalue weighted by molar-refractivity contribution is 5.96.